The van der Waals surface area contributed by atoms with Crippen LogP contribution in [0.1, 0.15) is 34.7 Å². The van der Waals surface area contributed by atoms with Gasteiger partial charge in [-0.2, -0.15) is 0 Å². The summed E-state index contributed by atoms with van der Waals surface area (Å²) in [6.45, 7) is 1.77. The number of aryl methyl sites for hydroxylation is 1. The number of benzene rings is 1. The maximum Gasteiger partial charge on any atom is 0.314 e. The molecule has 21 heavy (non-hydrogen) atoms. The normalized spacial score (nSPS) is 15.5. The Labute approximate surface area is 121 Å². The number of hydrogen-bond donors (Lipinski definition) is 2. The number of carbonyl (C=O) groups is 2. The molecule has 0 saturated heterocycles. The van der Waals surface area contributed by atoms with Gasteiger partial charge in [-0.1, -0.05) is 12.1 Å². The summed E-state index contributed by atoms with van der Waals surface area (Å²) < 4.78 is 5.25. The number of aliphatic carboxylic acids is 1. The molecule has 1 aromatic heterocycles. The quantitative estimate of drug-likeness (QED) is 0.905. The van der Waals surface area contributed by atoms with Crippen molar-refractivity contribution >= 4 is 17.6 Å². The van der Waals surface area contributed by atoms with Crippen LogP contribution in [0.2, 0.25) is 0 Å². The highest BCUT2D eigenvalue weighted by molar-refractivity contribution is 6.02. The zero-order valence-electron chi connectivity index (χ0n) is 11.6. The molecule has 0 spiro atoms. The highest BCUT2D eigenvalue weighted by atomic mass is 16.4. The number of amides is 1. The average Bonchev–Trinajstić information content (AvgIpc) is 3.16. The monoisotopic (exact) mass is 285 g/mol. The van der Waals surface area contributed by atoms with Crippen LogP contribution >= 0.6 is 0 Å². The van der Waals surface area contributed by atoms with E-state index < -0.39 is 11.4 Å². The molecule has 1 aromatic carbocycles. The van der Waals surface area contributed by atoms with Gasteiger partial charge in [-0.25, -0.2) is 0 Å². The lowest BCUT2D eigenvalue weighted by Gasteiger charge is -2.11. The molecule has 1 aliphatic carbocycles. The topological polar surface area (TPSA) is 79.5 Å². The minimum absolute atomic E-state index is 0.251. The number of hydrogen-bond acceptors (Lipinski definition) is 3. The Morgan fingerprint density at radius 3 is 2.29 bits per heavy atom. The summed E-state index contributed by atoms with van der Waals surface area (Å²) in [6.07, 6.45) is 1.33. The molecule has 0 aliphatic heterocycles. The summed E-state index contributed by atoms with van der Waals surface area (Å²) in [6, 6.07) is 10.3. The molecule has 0 unspecified atom stereocenters. The van der Waals surface area contributed by atoms with Gasteiger partial charge in [-0.3, -0.25) is 9.59 Å². The highest BCUT2D eigenvalue weighted by Crippen LogP contribution is 2.48. The number of anilines is 1. The smallest absolute Gasteiger partial charge is 0.314 e. The SMILES string of the molecule is Cc1ccc(C(=O)Nc2ccc(C3(C(=O)O)CC3)cc2)o1. The zero-order chi connectivity index (χ0) is 15.0. The van der Waals surface area contributed by atoms with Gasteiger partial charge in [0.15, 0.2) is 5.76 Å². The van der Waals surface area contributed by atoms with Gasteiger partial charge < -0.3 is 14.8 Å². The molecule has 108 valence electrons. The molecule has 3 rings (SSSR count). The van der Waals surface area contributed by atoms with E-state index in [9.17, 15) is 14.7 Å². The molecule has 0 atom stereocenters. The minimum atomic E-state index is -0.787. The summed E-state index contributed by atoms with van der Waals surface area (Å²) in [5.41, 5.74) is 0.668. The van der Waals surface area contributed by atoms with Gasteiger partial charge >= 0.3 is 5.97 Å². The van der Waals surface area contributed by atoms with Gasteiger partial charge in [0.1, 0.15) is 5.76 Å². The molecule has 5 heteroatoms. The van der Waals surface area contributed by atoms with Gasteiger partial charge in [-0.05, 0) is 49.6 Å². The number of carbonyl (C=O) groups excluding carboxylic acids is 1. The molecule has 1 aliphatic rings. The summed E-state index contributed by atoms with van der Waals surface area (Å²) in [7, 11) is 0. The van der Waals surface area contributed by atoms with Crippen molar-refractivity contribution in [2.75, 3.05) is 5.32 Å². The fraction of sp³-hybridized carbons (Fsp3) is 0.250. The van der Waals surface area contributed by atoms with Gasteiger partial charge in [0, 0.05) is 5.69 Å². The Morgan fingerprint density at radius 1 is 1.14 bits per heavy atom. The Hall–Kier alpha value is -2.56. The van der Waals surface area contributed by atoms with E-state index in [1.165, 1.54) is 0 Å². The highest BCUT2D eigenvalue weighted by Gasteiger charge is 2.51. The second-order valence-electron chi connectivity index (χ2n) is 5.33. The van der Waals surface area contributed by atoms with E-state index in [2.05, 4.69) is 5.32 Å². The van der Waals surface area contributed by atoms with Crippen LogP contribution in [0.15, 0.2) is 40.8 Å². The van der Waals surface area contributed by atoms with Crippen molar-refractivity contribution in [3.63, 3.8) is 0 Å². The molecule has 0 radical (unpaired) electrons. The summed E-state index contributed by atoms with van der Waals surface area (Å²) in [5, 5.41) is 12.0. The van der Waals surface area contributed by atoms with E-state index in [-0.39, 0.29) is 11.7 Å². The number of carboxylic acid groups (broad SMARTS) is 1. The van der Waals surface area contributed by atoms with Crippen LogP contribution in [-0.2, 0) is 10.2 Å². The summed E-state index contributed by atoms with van der Waals surface area (Å²) in [5.74, 6) is -0.186. The third kappa shape index (κ3) is 2.42. The largest absolute Gasteiger partial charge is 0.481 e. The van der Waals surface area contributed by atoms with Crippen LogP contribution in [0.25, 0.3) is 0 Å². The second kappa shape index (κ2) is 4.77. The summed E-state index contributed by atoms with van der Waals surface area (Å²) >= 11 is 0. The Kier molecular flexibility index (Phi) is 3.05. The van der Waals surface area contributed by atoms with E-state index in [1.54, 1.807) is 43.3 Å². The number of nitrogens with one attached hydrogen (secondary N) is 1. The van der Waals surface area contributed by atoms with Crippen LogP contribution in [0.4, 0.5) is 5.69 Å². The van der Waals surface area contributed by atoms with Gasteiger partial charge in [0.05, 0.1) is 5.41 Å². The molecule has 1 saturated carbocycles. The molecule has 1 heterocycles. The van der Waals surface area contributed by atoms with E-state index in [0.717, 1.165) is 5.56 Å². The predicted octanol–water partition coefficient (Wildman–Crippen LogP) is 2.96. The first-order chi connectivity index (χ1) is 10.0. The lowest BCUT2D eigenvalue weighted by Crippen LogP contribution is -2.19. The van der Waals surface area contributed by atoms with E-state index in [1.807, 2.05) is 0 Å². The molecular weight excluding hydrogens is 270 g/mol. The Bertz CT molecular complexity index is 695. The number of carboxylic acids is 1. The van der Waals surface area contributed by atoms with Crippen molar-refractivity contribution in [3.8, 4) is 0 Å². The number of furan rings is 1. The van der Waals surface area contributed by atoms with Crippen molar-refractivity contribution in [2.45, 2.75) is 25.2 Å². The molecule has 1 amide bonds. The van der Waals surface area contributed by atoms with Crippen LogP contribution in [-0.4, -0.2) is 17.0 Å². The zero-order valence-corrected chi connectivity index (χ0v) is 11.6. The molecule has 1 fully saturated rings. The standard InChI is InChI=1S/C16H15NO4/c1-10-2-7-13(21-10)14(18)17-12-5-3-11(4-6-12)16(8-9-16)15(19)20/h2-7H,8-9H2,1H3,(H,17,18)(H,19,20). The number of rotatable bonds is 4. The Balaban J connectivity index is 1.73. The van der Waals surface area contributed by atoms with Gasteiger partial charge in [0.2, 0.25) is 0 Å². The second-order valence-corrected chi connectivity index (χ2v) is 5.33. The molecule has 2 aromatic rings. The van der Waals surface area contributed by atoms with Gasteiger partial charge in [-0.15, -0.1) is 0 Å². The minimum Gasteiger partial charge on any atom is -0.481 e. The third-order valence-electron chi connectivity index (χ3n) is 3.82. The van der Waals surface area contributed by atoms with Crippen molar-refractivity contribution < 1.29 is 19.1 Å². The first-order valence-electron chi connectivity index (χ1n) is 6.73. The summed E-state index contributed by atoms with van der Waals surface area (Å²) in [4.78, 5) is 23.2. The molecular formula is C16H15NO4. The maximum absolute atomic E-state index is 11.9. The van der Waals surface area contributed by atoms with Crippen LogP contribution in [0, 0.1) is 6.92 Å². The van der Waals surface area contributed by atoms with Crippen LogP contribution in [0.3, 0.4) is 0 Å². The van der Waals surface area contributed by atoms with Crippen molar-refractivity contribution in [2.24, 2.45) is 0 Å². The van der Waals surface area contributed by atoms with E-state index in [4.69, 9.17) is 4.42 Å². The fourth-order valence-electron chi connectivity index (χ4n) is 2.37. The lowest BCUT2D eigenvalue weighted by molar-refractivity contribution is -0.140. The molecule has 0 bridgehead atoms. The fourth-order valence-corrected chi connectivity index (χ4v) is 2.37. The first kappa shape index (κ1) is 13.4. The maximum atomic E-state index is 11.9. The van der Waals surface area contributed by atoms with Crippen LogP contribution in [0.5, 0.6) is 0 Å². The van der Waals surface area contributed by atoms with Crippen molar-refractivity contribution in [1.82, 2.24) is 0 Å². The molecule has 2 N–H and O–H groups in total. The third-order valence-corrected chi connectivity index (χ3v) is 3.82. The Morgan fingerprint density at radius 2 is 1.81 bits per heavy atom. The predicted molar refractivity (Wildman–Crippen MR) is 76.4 cm³/mol. The van der Waals surface area contributed by atoms with Crippen LogP contribution < -0.4 is 5.32 Å². The lowest BCUT2D eigenvalue weighted by atomic mass is 9.96. The average molecular weight is 285 g/mol. The van der Waals surface area contributed by atoms with E-state index in [0.29, 0.717) is 24.3 Å². The van der Waals surface area contributed by atoms with Crippen molar-refractivity contribution in [1.29, 1.82) is 0 Å². The first-order valence-corrected chi connectivity index (χ1v) is 6.73. The molecule has 5 nitrogen and oxygen atoms in total. The van der Waals surface area contributed by atoms with E-state index >= 15 is 0 Å². The van der Waals surface area contributed by atoms with Gasteiger partial charge in [0.25, 0.3) is 5.91 Å². The van der Waals surface area contributed by atoms with Crippen molar-refractivity contribution in [3.05, 3.63) is 53.5 Å².